The first-order valence-corrected chi connectivity index (χ1v) is 7.75. The lowest BCUT2D eigenvalue weighted by Crippen LogP contribution is -2.39. The molecular formula is C15H20BrClN2O. The average Bonchev–Trinajstić information content (AvgIpc) is 2.85. The summed E-state index contributed by atoms with van der Waals surface area (Å²) in [6, 6.07) is 6.50. The second-order valence-electron chi connectivity index (χ2n) is 5.66. The van der Waals surface area contributed by atoms with Crippen LogP contribution in [-0.2, 0) is 17.8 Å². The Labute approximate surface area is 134 Å². The van der Waals surface area contributed by atoms with Crippen LogP contribution in [0, 0.1) is 5.92 Å². The topological polar surface area (TPSA) is 46.3 Å². The zero-order valence-electron chi connectivity index (χ0n) is 11.3. The van der Waals surface area contributed by atoms with Crippen molar-refractivity contribution in [3.05, 3.63) is 33.8 Å². The number of amides is 1. The highest BCUT2D eigenvalue weighted by atomic mass is 79.9. The molecule has 1 amide bonds. The molecule has 3 nitrogen and oxygen atoms in total. The molecule has 2 unspecified atom stereocenters. The Kier molecular flexibility index (Phi) is 5.10. The maximum atomic E-state index is 12.5. The first kappa shape index (κ1) is 15.8. The maximum Gasteiger partial charge on any atom is 0.226 e. The van der Waals surface area contributed by atoms with Gasteiger partial charge in [-0.2, -0.15) is 0 Å². The van der Waals surface area contributed by atoms with Crippen LogP contribution in [0.4, 0.5) is 0 Å². The smallest absolute Gasteiger partial charge is 0.226 e. The Balaban J connectivity index is 0.00000147. The van der Waals surface area contributed by atoms with Crippen molar-refractivity contribution < 1.29 is 4.79 Å². The molecule has 1 heterocycles. The average molecular weight is 360 g/mol. The van der Waals surface area contributed by atoms with Gasteiger partial charge in [0.25, 0.3) is 0 Å². The minimum Gasteiger partial charge on any atom is -0.338 e. The van der Waals surface area contributed by atoms with Gasteiger partial charge in [-0.25, -0.2) is 0 Å². The van der Waals surface area contributed by atoms with Crippen LogP contribution < -0.4 is 5.73 Å². The van der Waals surface area contributed by atoms with Crippen molar-refractivity contribution in [2.24, 2.45) is 11.7 Å². The van der Waals surface area contributed by atoms with E-state index in [9.17, 15) is 4.79 Å². The number of hydrogen-bond acceptors (Lipinski definition) is 2. The Bertz CT molecular complexity index is 509. The summed E-state index contributed by atoms with van der Waals surface area (Å²) in [5.41, 5.74) is 8.55. The van der Waals surface area contributed by atoms with Crippen LogP contribution in [0.5, 0.6) is 0 Å². The monoisotopic (exact) mass is 358 g/mol. The van der Waals surface area contributed by atoms with Gasteiger partial charge in [-0.3, -0.25) is 4.79 Å². The fourth-order valence-corrected chi connectivity index (χ4v) is 3.76. The molecule has 2 N–H and O–H groups in total. The standard InChI is InChI=1S/C15H19BrN2O.ClH/c16-14-3-1-2-10-6-7-18(9-13(10)14)15(19)11-4-5-12(17)8-11;/h1-3,11-12H,4-9,17H2;1H. The van der Waals surface area contributed by atoms with E-state index in [1.54, 1.807) is 0 Å². The highest BCUT2D eigenvalue weighted by molar-refractivity contribution is 9.10. The highest BCUT2D eigenvalue weighted by Gasteiger charge is 2.32. The number of nitrogens with zero attached hydrogens (tertiary/aromatic N) is 1. The van der Waals surface area contributed by atoms with Crippen LogP contribution >= 0.6 is 28.3 Å². The predicted molar refractivity (Wildman–Crippen MR) is 85.8 cm³/mol. The van der Waals surface area contributed by atoms with E-state index in [2.05, 4.69) is 34.1 Å². The van der Waals surface area contributed by atoms with Crippen LogP contribution in [0.2, 0.25) is 0 Å². The molecule has 1 aliphatic heterocycles. The molecule has 0 aromatic heterocycles. The summed E-state index contributed by atoms with van der Waals surface area (Å²) >= 11 is 3.59. The molecule has 20 heavy (non-hydrogen) atoms. The summed E-state index contributed by atoms with van der Waals surface area (Å²) in [5.74, 6) is 0.452. The summed E-state index contributed by atoms with van der Waals surface area (Å²) in [4.78, 5) is 14.5. The first-order valence-electron chi connectivity index (χ1n) is 6.96. The van der Waals surface area contributed by atoms with E-state index in [0.29, 0.717) is 5.91 Å². The zero-order valence-corrected chi connectivity index (χ0v) is 13.8. The number of rotatable bonds is 1. The molecule has 0 radical (unpaired) electrons. The van der Waals surface area contributed by atoms with Crippen molar-refractivity contribution in [3.63, 3.8) is 0 Å². The molecule has 0 bridgehead atoms. The molecular weight excluding hydrogens is 340 g/mol. The second-order valence-corrected chi connectivity index (χ2v) is 6.51. The first-order chi connectivity index (χ1) is 9.15. The molecule has 0 saturated heterocycles. The molecule has 3 rings (SSSR count). The molecule has 1 aromatic carbocycles. The Morgan fingerprint density at radius 3 is 2.85 bits per heavy atom. The Morgan fingerprint density at radius 2 is 2.15 bits per heavy atom. The Hall–Kier alpha value is -0.580. The van der Waals surface area contributed by atoms with Crippen molar-refractivity contribution in [3.8, 4) is 0 Å². The van der Waals surface area contributed by atoms with Crippen molar-refractivity contribution in [1.29, 1.82) is 0 Å². The molecule has 0 spiro atoms. The van der Waals surface area contributed by atoms with E-state index in [4.69, 9.17) is 5.73 Å². The normalized spacial score (nSPS) is 25.0. The van der Waals surface area contributed by atoms with Crippen molar-refractivity contribution in [2.75, 3.05) is 6.54 Å². The molecule has 1 aromatic rings. The summed E-state index contributed by atoms with van der Waals surface area (Å²) in [7, 11) is 0. The van der Waals surface area contributed by atoms with Crippen LogP contribution in [-0.4, -0.2) is 23.4 Å². The van der Waals surface area contributed by atoms with E-state index < -0.39 is 0 Å². The van der Waals surface area contributed by atoms with E-state index in [-0.39, 0.29) is 24.4 Å². The highest BCUT2D eigenvalue weighted by Crippen LogP contribution is 2.30. The summed E-state index contributed by atoms with van der Waals surface area (Å²) < 4.78 is 1.12. The van der Waals surface area contributed by atoms with Crippen molar-refractivity contribution in [2.45, 2.75) is 38.3 Å². The summed E-state index contributed by atoms with van der Waals surface area (Å²) in [6.45, 7) is 1.58. The predicted octanol–water partition coefficient (Wildman–Crippen LogP) is 2.88. The molecule has 2 aliphatic rings. The molecule has 1 aliphatic carbocycles. The van der Waals surface area contributed by atoms with Crippen LogP contribution in [0.25, 0.3) is 0 Å². The van der Waals surface area contributed by atoms with Crippen molar-refractivity contribution in [1.82, 2.24) is 4.90 Å². The van der Waals surface area contributed by atoms with Crippen LogP contribution in [0.1, 0.15) is 30.4 Å². The fraction of sp³-hybridized carbons (Fsp3) is 0.533. The molecule has 2 atom stereocenters. The third-order valence-electron chi connectivity index (χ3n) is 4.35. The molecule has 5 heteroatoms. The Morgan fingerprint density at radius 1 is 1.35 bits per heavy atom. The van der Waals surface area contributed by atoms with Gasteiger partial charge in [-0.15, -0.1) is 12.4 Å². The van der Waals surface area contributed by atoms with Gasteiger partial charge >= 0.3 is 0 Å². The number of nitrogens with two attached hydrogens (primary N) is 1. The SMILES string of the molecule is Cl.NC1CCC(C(=O)N2CCc3cccc(Br)c3C2)C1. The van der Waals surface area contributed by atoms with Gasteiger partial charge in [0.15, 0.2) is 0 Å². The van der Waals surface area contributed by atoms with Crippen LogP contribution in [0.3, 0.4) is 0 Å². The number of carbonyl (C=O) groups is 1. The number of fused-ring (bicyclic) bond motifs is 1. The number of hydrogen-bond donors (Lipinski definition) is 1. The van der Waals surface area contributed by atoms with Gasteiger partial charge in [0, 0.05) is 29.5 Å². The molecule has 110 valence electrons. The third kappa shape index (κ3) is 3.02. The van der Waals surface area contributed by atoms with Gasteiger partial charge in [0.2, 0.25) is 5.91 Å². The number of carbonyl (C=O) groups excluding carboxylic acids is 1. The quantitative estimate of drug-likeness (QED) is 0.838. The van der Waals surface area contributed by atoms with E-state index >= 15 is 0 Å². The third-order valence-corrected chi connectivity index (χ3v) is 5.09. The second kappa shape index (κ2) is 6.46. The van der Waals surface area contributed by atoms with Gasteiger partial charge in [0.05, 0.1) is 0 Å². The maximum absolute atomic E-state index is 12.5. The van der Waals surface area contributed by atoms with Gasteiger partial charge in [0.1, 0.15) is 0 Å². The number of halogens is 2. The van der Waals surface area contributed by atoms with Crippen molar-refractivity contribution >= 4 is 34.2 Å². The van der Waals surface area contributed by atoms with E-state index in [1.807, 2.05) is 4.90 Å². The van der Waals surface area contributed by atoms with Crippen LogP contribution in [0.15, 0.2) is 22.7 Å². The lowest BCUT2D eigenvalue weighted by molar-refractivity contribution is -0.136. The fourth-order valence-electron chi connectivity index (χ4n) is 3.23. The summed E-state index contributed by atoms with van der Waals surface area (Å²) in [5, 5.41) is 0. The van der Waals surface area contributed by atoms with E-state index in [1.165, 1.54) is 11.1 Å². The largest absolute Gasteiger partial charge is 0.338 e. The summed E-state index contributed by atoms with van der Waals surface area (Å²) in [6.07, 6.45) is 3.77. The van der Waals surface area contributed by atoms with Gasteiger partial charge < -0.3 is 10.6 Å². The minimum atomic E-state index is 0. The zero-order chi connectivity index (χ0) is 13.4. The molecule has 1 fully saturated rings. The lowest BCUT2D eigenvalue weighted by atomic mass is 9.98. The minimum absolute atomic E-state index is 0. The number of benzene rings is 1. The van der Waals surface area contributed by atoms with Gasteiger partial charge in [-0.05, 0) is 42.9 Å². The van der Waals surface area contributed by atoms with E-state index in [0.717, 1.165) is 43.2 Å². The lowest BCUT2D eigenvalue weighted by Gasteiger charge is -2.31. The molecule has 1 saturated carbocycles. The van der Waals surface area contributed by atoms with Gasteiger partial charge in [-0.1, -0.05) is 28.1 Å².